The van der Waals surface area contributed by atoms with Crippen LogP contribution in [-0.2, 0) is 0 Å². The van der Waals surface area contributed by atoms with Crippen LogP contribution in [-0.4, -0.2) is 46.0 Å². The lowest BCUT2D eigenvalue weighted by Gasteiger charge is -2.23. The number of rotatable bonds is 8. The van der Waals surface area contributed by atoms with Crippen molar-refractivity contribution in [1.29, 1.82) is 0 Å². The van der Waals surface area contributed by atoms with Gasteiger partial charge in [0.1, 0.15) is 75.8 Å². The van der Waals surface area contributed by atoms with Crippen molar-refractivity contribution in [3.8, 4) is 69.0 Å². The number of phenolic OH excluding ortho intramolecular Hbond substituents is 9. The molecular formula is C56H42O12. The Morgan fingerprint density at radius 3 is 1.31 bits per heavy atom. The molecule has 0 aliphatic carbocycles. The molecule has 0 saturated carbocycles. The summed E-state index contributed by atoms with van der Waals surface area (Å²) in [6, 6.07) is 40.9. The monoisotopic (exact) mass is 906 g/mol. The summed E-state index contributed by atoms with van der Waals surface area (Å²) in [6.45, 7) is 0. The summed E-state index contributed by atoms with van der Waals surface area (Å²) in [5.74, 6) is -1.57. The van der Waals surface area contributed by atoms with Crippen molar-refractivity contribution in [1.82, 2.24) is 0 Å². The van der Waals surface area contributed by atoms with Crippen LogP contribution in [0, 0.1) is 0 Å². The fourth-order valence-corrected chi connectivity index (χ4v) is 10.0. The molecule has 0 amide bonds. The lowest BCUT2D eigenvalue weighted by Crippen LogP contribution is -2.13. The van der Waals surface area contributed by atoms with Crippen LogP contribution in [0.3, 0.4) is 0 Å². The number of aromatic hydroxyl groups is 9. The number of phenols is 9. The van der Waals surface area contributed by atoms with Gasteiger partial charge in [0, 0.05) is 28.3 Å². The Morgan fingerprint density at radius 1 is 0.309 bits per heavy atom. The first-order valence-corrected chi connectivity index (χ1v) is 21.8. The zero-order valence-corrected chi connectivity index (χ0v) is 35.8. The van der Waals surface area contributed by atoms with Crippen molar-refractivity contribution in [3.05, 3.63) is 213 Å². The highest BCUT2D eigenvalue weighted by Gasteiger charge is 2.46. The number of hydrogen-bond acceptors (Lipinski definition) is 12. The molecule has 0 bridgehead atoms. The number of hydrogen-bond donors (Lipinski definition) is 9. The van der Waals surface area contributed by atoms with Gasteiger partial charge < -0.3 is 60.2 Å². The van der Waals surface area contributed by atoms with E-state index in [1.54, 1.807) is 115 Å². The standard InChI is InChI=1S/C56H42O12/c57-36-11-3-28(4-12-36)1-2-29-19-43(63)51-46(20-29)66-54(32-9-17-39(60)18-10-32)50(51)34-24-44(64)52-47(26-34)67-53(31-7-15-38(59)16-8-31)49(52)33-23-42-48(30-5-13-37(58)14-6-30)55(68-56(42)45(65)25-33)35-21-40(61)27-41(62)22-35/h1-27,48-50,53-55,57-65H. The van der Waals surface area contributed by atoms with E-state index in [0.717, 1.165) is 5.56 Å². The van der Waals surface area contributed by atoms with Crippen LogP contribution < -0.4 is 14.2 Å². The summed E-state index contributed by atoms with van der Waals surface area (Å²) >= 11 is 0. The summed E-state index contributed by atoms with van der Waals surface area (Å²) < 4.78 is 20.0. The van der Waals surface area contributed by atoms with Crippen LogP contribution in [0.2, 0.25) is 0 Å². The molecule has 0 fully saturated rings. The van der Waals surface area contributed by atoms with E-state index in [1.165, 1.54) is 18.2 Å². The number of benzene rings is 8. The first-order chi connectivity index (χ1) is 32.8. The molecule has 6 atom stereocenters. The minimum absolute atomic E-state index is 0.0398. The van der Waals surface area contributed by atoms with Gasteiger partial charge in [-0.05, 0) is 130 Å². The summed E-state index contributed by atoms with van der Waals surface area (Å²) in [5.41, 5.74) is 6.56. The Hall–Kier alpha value is -8.90. The van der Waals surface area contributed by atoms with Crippen molar-refractivity contribution >= 4 is 12.2 Å². The first kappa shape index (κ1) is 41.8. The minimum Gasteiger partial charge on any atom is -0.508 e. The average Bonchev–Trinajstić information content (AvgIpc) is 4.02. The molecule has 8 aromatic carbocycles. The predicted molar refractivity (Wildman–Crippen MR) is 251 cm³/mol. The Bertz CT molecular complexity index is 3250. The van der Waals surface area contributed by atoms with Gasteiger partial charge in [-0.1, -0.05) is 66.7 Å². The Balaban J connectivity index is 1.04. The molecule has 3 aliphatic heterocycles. The topological polar surface area (TPSA) is 210 Å². The molecule has 9 N–H and O–H groups in total. The molecule has 68 heavy (non-hydrogen) atoms. The highest BCUT2D eigenvalue weighted by atomic mass is 16.5. The predicted octanol–water partition coefficient (Wildman–Crippen LogP) is 11.0. The fourth-order valence-electron chi connectivity index (χ4n) is 10.0. The SMILES string of the molecule is Oc1ccc(C=Cc2cc(O)c3c(c2)OC(c2ccc(O)cc2)C3c2cc(O)c3c(c2)OC(c2ccc(O)cc2)C3c2cc(O)c3c(c2)C(c2ccc(O)cc2)C(c2cc(O)cc(O)c2)O3)cc1. The van der Waals surface area contributed by atoms with Crippen LogP contribution in [0.4, 0.5) is 0 Å². The molecule has 0 radical (unpaired) electrons. The summed E-state index contributed by atoms with van der Waals surface area (Å²) in [7, 11) is 0. The number of ether oxygens (including phenoxy) is 3. The molecule has 6 unspecified atom stereocenters. The van der Waals surface area contributed by atoms with Gasteiger partial charge >= 0.3 is 0 Å². The largest absolute Gasteiger partial charge is 0.508 e. The van der Waals surface area contributed by atoms with E-state index in [0.29, 0.717) is 67.1 Å². The van der Waals surface area contributed by atoms with Gasteiger partial charge in [-0.3, -0.25) is 0 Å². The van der Waals surface area contributed by atoms with Gasteiger partial charge in [0.15, 0.2) is 11.5 Å². The van der Waals surface area contributed by atoms with Crippen molar-refractivity contribution in [2.24, 2.45) is 0 Å². The van der Waals surface area contributed by atoms with E-state index >= 15 is 0 Å². The van der Waals surface area contributed by atoms with E-state index in [1.807, 2.05) is 30.4 Å². The molecule has 0 saturated heterocycles. The molecule has 8 aromatic rings. The molecule has 12 heteroatoms. The van der Waals surface area contributed by atoms with Gasteiger partial charge in [-0.25, -0.2) is 0 Å². The lowest BCUT2D eigenvalue weighted by atomic mass is 9.79. The van der Waals surface area contributed by atoms with Crippen LogP contribution in [0.25, 0.3) is 12.2 Å². The minimum atomic E-state index is -0.828. The summed E-state index contributed by atoms with van der Waals surface area (Å²) in [5, 5.41) is 97.6. The molecular weight excluding hydrogens is 865 g/mol. The molecule has 0 spiro atoms. The Morgan fingerprint density at radius 2 is 0.750 bits per heavy atom. The molecule has 338 valence electrons. The quantitative estimate of drug-likeness (QED) is 0.0652. The van der Waals surface area contributed by atoms with E-state index in [2.05, 4.69) is 0 Å². The van der Waals surface area contributed by atoms with E-state index in [-0.39, 0.29) is 57.5 Å². The van der Waals surface area contributed by atoms with Gasteiger partial charge in [-0.2, -0.15) is 0 Å². The molecule has 3 heterocycles. The molecule has 0 aromatic heterocycles. The van der Waals surface area contributed by atoms with E-state index < -0.39 is 36.1 Å². The van der Waals surface area contributed by atoms with Crippen LogP contribution in [0.5, 0.6) is 69.0 Å². The second-order valence-corrected chi connectivity index (χ2v) is 17.4. The van der Waals surface area contributed by atoms with Crippen LogP contribution in [0.15, 0.2) is 152 Å². The van der Waals surface area contributed by atoms with Gasteiger partial charge in [0.05, 0.1) is 17.8 Å². The summed E-state index contributed by atoms with van der Waals surface area (Å²) in [4.78, 5) is 0. The van der Waals surface area contributed by atoms with Crippen LogP contribution in [0.1, 0.15) is 97.3 Å². The van der Waals surface area contributed by atoms with E-state index in [4.69, 9.17) is 14.2 Å². The fraction of sp³-hybridized carbons (Fsp3) is 0.107. The second-order valence-electron chi connectivity index (χ2n) is 17.4. The maximum absolute atomic E-state index is 12.4. The van der Waals surface area contributed by atoms with Crippen molar-refractivity contribution in [2.75, 3.05) is 0 Å². The third-order valence-corrected chi connectivity index (χ3v) is 13.1. The third-order valence-electron chi connectivity index (χ3n) is 13.1. The molecule has 12 nitrogen and oxygen atoms in total. The van der Waals surface area contributed by atoms with Crippen molar-refractivity contribution in [3.63, 3.8) is 0 Å². The maximum Gasteiger partial charge on any atom is 0.165 e. The Labute approximate surface area is 389 Å². The zero-order valence-electron chi connectivity index (χ0n) is 35.8. The first-order valence-electron chi connectivity index (χ1n) is 21.8. The summed E-state index contributed by atoms with van der Waals surface area (Å²) in [6.07, 6.45) is 1.33. The normalized spacial score (nSPS) is 20.0. The third kappa shape index (κ3) is 7.37. The zero-order chi connectivity index (χ0) is 47.0. The second kappa shape index (κ2) is 16.2. The van der Waals surface area contributed by atoms with Gasteiger partial charge in [0.25, 0.3) is 0 Å². The average molecular weight is 907 g/mol. The number of fused-ring (bicyclic) bond motifs is 3. The highest BCUT2D eigenvalue weighted by Crippen LogP contribution is 2.61. The van der Waals surface area contributed by atoms with Crippen molar-refractivity contribution < 1.29 is 60.2 Å². The molecule has 3 aliphatic rings. The lowest BCUT2D eigenvalue weighted by molar-refractivity contribution is 0.214. The molecule has 11 rings (SSSR count). The van der Waals surface area contributed by atoms with Crippen LogP contribution >= 0.6 is 0 Å². The van der Waals surface area contributed by atoms with Gasteiger partial charge in [0.2, 0.25) is 0 Å². The van der Waals surface area contributed by atoms with Crippen molar-refractivity contribution in [2.45, 2.75) is 36.1 Å². The van der Waals surface area contributed by atoms with E-state index in [9.17, 15) is 46.0 Å². The maximum atomic E-state index is 12.4. The highest BCUT2D eigenvalue weighted by molar-refractivity contribution is 5.73. The Kier molecular flexibility index (Phi) is 9.96. The smallest absolute Gasteiger partial charge is 0.165 e. The van der Waals surface area contributed by atoms with Gasteiger partial charge in [-0.15, -0.1) is 0 Å².